The van der Waals surface area contributed by atoms with Gasteiger partial charge >= 0.3 is 230 Å². The Morgan fingerprint density at radius 1 is 0.919 bits per heavy atom. The van der Waals surface area contributed by atoms with Crippen LogP contribution in [-0.2, 0) is 4.79 Å². The molecule has 0 saturated carbocycles. The summed E-state index contributed by atoms with van der Waals surface area (Å²) < 4.78 is 0. The molecule has 0 bridgehead atoms. The summed E-state index contributed by atoms with van der Waals surface area (Å²) in [6.07, 6.45) is 6.84. The van der Waals surface area contributed by atoms with Crippen molar-refractivity contribution >= 4 is 42.5 Å². The van der Waals surface area contributed by atoms with Gasteiger partial charge in [0, 0.05) is 0 Å². The maximum absolute atomic E-state index is 12.5. The summed E-state index contributed by atoms with van der Waals surface area (Å²) >= 11 is 4.50. The number of carbonyl (C=O) groups excluding carboxylic acids is 1. The summed E-state index contributed by atoms with van der Waals surface area (Å²) in [5.41, 5.74) is 2.53. The van der Waals surface area contributed by atoms with E-state index in [1.807, 2.05) is 6.92 Å². The SMILES string of the molecule is CC1=C(/C=C/C(C)=C/CP(Br)(c2ccccc2)(c2ccccc2)c2ccccc2)C(C)(C)C[C@H](O)C1=O. The molecule has 0 heterocycles. The Bertz CT molecular complexity index is 1260. The molecule has 3 aromatic rings. The fraction of sp³-hybridized carbons (Fsp3) is 0.242. The normalized spacial score (nSPS) is 19.6. The van der Waals surface area contributed by atoms with Gasteiger partial charge in [-0.15, -0.1) is 0 Å². The maximum atomic E-state index is 12.5. The molecular formula is C33H36BrO2P. The van der Waals surface area contributed by atoms with Crippen molar-refractivity contribution < 1.29 is 9.90 Å². The molecule has 1 aliphatic carbocycles. The van der Waals surface area contributed by atoms with Crippen molar-refractivity contribution in [2.75, 3.05) is 6.16 Å². The number of Topliss-reactive ketones (excluding diaryl/α,β-unsaturated/α-hetero) is 1. The van der Waals surface area contributed by atoms with Crippen LogP contribution in [0.25, 0.3) is 0 Å². The molecule has 0 aromatic heterocycles. The number of aliphatic hydroxyl groups excluding tert-OH is 1. The Balaban J connectivity index is 1.83. The summed E-state index contributed by atoms with van der Waals surface area (Å²) in [6, 6.07) is 32.3. The molecule has 0 radical (unpaired) electrons. The van der Waals surface area contributed by atoms with E-state index in [1.54, 1.807) is 0 Å². The summed E-state index contributed by atoms with van der Waals surface area (Å²) in [5.74, 6) is -0.164. The molecule has 0 fully saturated rings. The van der Waals surface area contributed by atoms with E-state index in [1.165, 1.54) is 15.9 Å². The zero-order valence-corrected chi connectivity index (χ0v) is 24.5. The van der Waals surface area contributed by atoms with Crippen molar-refractivity contribution in [3.63, 3.8) is 0 Å². The van der Waals surface area contributed by atoms with Gasteiger partial charge in [0.05, 0.1) is 0 Å². The first kappa shape index (κ1) is 27.5. The molecule has 1 atom stereocenters. The van der Waals surface area contributed by atoms with Crippen molar-refractivity contribution in [1.29, 1.82) is 0 Å². The van der Waals surface area contributed by atoms with E-state index >= 15 is 0 Å². The molecule has 37 heavy (non-hydrogen) atoms. The van der Waals surface area contributed by atoms with Crippen molar-refractivity contribution in [3.05, 3.63) is 126 Å². The number of halogens is 1. The number of allylic oxidation sites excluding steroid dienone is 5. The van der Waals surface area contributed by atoms with Crippen LogP contribution in [0.5, 0.6) is 0 Å². The van der Waals surface area contributed by atoms with Crippen LogP contribution in [0.4, 0.5) is 0 Å². The Hall–Kier alpha value is -2.58. The van der Waals surface area contributed by atoms with Gasteiger partial charge in [0.15, 0.2) is 0 Å². The fourth-order valence-electron chi connectivity index (χ4n) is 5.50. The van der Waals surface area contributed by atoms with E-state index in [-0.39, 0.29) is 11.2 Å². The number of benzene rings is 3. The monoisotopic (exact) mass is 574 g/mol. The van der Waals surface area contributed by atoms with Gasteiger partial charge in [0.1, 0.15) is 0 Å². The van der Waals surface area contributed by atoms with E-state index in [2.05, 4.69) is 145 Å². The Morgan fingerprint density at radius 3 is 1.78 bits per heavy atom. The van der Waals surface area contributed by atoms with Gasteiger partial charge < -0.3 is 0 Å². The van der Waals surface area contributed by atoms with Crippen LogP contribution in [0.2, 0.25) is 0 Å². The molecule has 192 valence electrons. The van der Waals surface area contributed by atoms with E-state index in [4.69, 9.17) is 0 Å². The predicted molar refractivity (Wildman–Crippen MR) is 164 cm³/mol. The molecular weight excluding hydrogens is 539 g/mol. The standard InChI is InChI=1S/C33H36BrO2P/c1-25(20-21-30-26(2)32(36)31(35)24-33(30,3)4)22-23-37(34,27-14-8-5-9-15-27,28-16-10-6-11-17-28)29-18-12-7-13-19-29/h5-22,31,35H,23-24H2,1-4H3/b21-20+,25-22+/t31-/m0/s1. The second kappa shape index (κ2) is 10.7. The average Bonchev–Trinajstić information content (AvgIpc) is 2.91. The summed E-state index contributed by atoms with van der Waals surface area (Å²) in [4.78, 5) is 12.5. The molecule has 2 nitrogen and oxygen atoms in total. The molecule has 0 unspecified atom stereocenters. The summed E-state index contributed by atoms with van der Waals surface area (Å²) in [5, 5.41) is 11.0. The first-order valence-electron chi connectivity index (χ1n) is 12.8. The van der Waals surface area contributed by atoms with E-state index in [0.29, 0.717) is 12.0 Å². The first-order valence-corrected chi connectivity index (χ1v) is 17.2. The van der Waals surface area contributed by atoms with Crippen molar-refractivity contribution in [3.8, 4) is 0 Å². The molecule has 0 spiro atoms. The van der Waals surface area contributed by atoms with Gasteiger partial charge in [-0.25, -0.2) is 0 Å². The number of carbonyl (C=O) groups is 1. The number of hydrogen-bond acceptors (Lipinski definition) is 2. The molecule has 0 saturated heterocycles. The number of hydrogen-bond donors (Lipinski definition) is 1. The van der Waals surface area contributed by atoms with E-state index in [9.17, 15) is 9.90 Å². The number of rotatable bonds is 7. The third kappa shape index (κ3) is 5.10. The van der Waals surface area contributed by atoms with Gasteiger partial charge in [-0.05, 0) is 0 Å². The van der Waals surface area contributed by atoms with Crippen LogP contribution in [0.1, 0.15) is 34.1 Å². The number of aliphatic hydroxyl groups is 1. The van der Waals surface area contributed by atoms with Crippen LogP contribution in [0.15, 0.2) is 126 Å². The third-order valence-corrected chi connectivity index (χ3v) is 17.2. The Morgan fingerprint density at radius 2 is 1.35 bits per heavy atom. The quantitative estimate of drug-likeness (QED) is 0.243. The molecule has 4 heteroatoms. The number of ketones is 1. The van der Waals surface area contributed by atoms with Crippen LogP contribution in [0.3, 0.4) is 0 Å². The first-order chi connectivity index (χ1) is 17.6. The second-order valence-electron chi connectivity index (χ2n) is 10.7. The Kier molecular flexibility index (Phi) is 7.91. The van der Waals surface area contributed by atoms with Gasteiger partial charge in [-0.2, -0.15) is 0 Å². The second-order valence-corrected chi connectivity index (χ2v) is 19.6. The van der Waals surface area contributed by atoms with Gasteiger partial charge in [0.2, 0.25) is 0 Å². The molecule has 0 aliphatic heterocycles. The third-order valence-electron chi connectivity index (χ3n) is 7.66. The minimum atomic E-state index is -3.03. The van der Waals surface area contributed by atoms with E-state index < -0.39 is 11.4 Å². The molecule has 4 rings (SSSR count). The van der Waals surface area contributed by atoms with Crippen LogP contribution in [0, 0.1) is 5.41 Å². The van der Waals surface area contributed by atoms with Gasteiger partial charge in [-0.3, -0.25) is 0 Å². The summed E-state index contributed by atoms with van der Waals surface area (Å²) in [6.45, 7) is 8.14. The van der Waals surface area contributed by atoms with Crippen molar-refractivity contribution in [2.45, 2.75) is 40.2 Å². The van der Waals surface area contributed by atoms with Crippen molar-refractivity contribution in [2.24, 2.45) is 5.41 Å². The molecule has 1 N–H and O–H groups in total. The van der Waals surface area contributed by atoms with Gasteiger partial charge in [-0.1, -0.05) is 0 Å². The zero-order chi connectivity index (χ0) is 26.7. The van der Waals surface area contributed by atoms with Crippen LogP contribution < -0.4 is 15.9 Å². The minimum absolute atomic E-state index is 0.164. The topological polar surface area (TPSA) is 37.3 Å². The van der Waals surface area contributed by atoms with Crippen molar-refractivity contribution in [1.82, 2.24) is 0 Å². The Labute approximate surface area is 229 Å². The average molecular weight is 576 g/mol. The predicted octanol–water partition coefficient (Wildman–Crippen LogP) is 7.01. The molecule has 1 aliphatic rings. The fourth-order valence-corrected chi connectivity index (χ4v) is 12.6. The van der Waals surface area contributed by atoms with Crippen LogP contribution >= 0.6 is 20.8 Å². The molecule has 3 aromatic carbocycles. The van der Waals surface area contributed by atoms with Gasteiger partial charge in [0.25, 0.3) is 0 Å². The van der Waals surface area contributed by atoms with E-state index in [0.717, 1.165) is 17.3 Å². The van der Waals surface area contributed by atoms with Crippen LogP contribution in [-0.4, -0.2) is 23.2 Å². The molecule has 0 amide bonds. The zero-order valence-electron chi connectivity index (χ0n) is 22.1. The summed E-state index contributed by atoms with van der Waals surface area (Å²) in [7, 11) is 0.